The molecule has 1 amide bonds. The van der Waals surface area contributed by atoms with E-state index in [4.69, 9.17) is 4.74 Å². The quantitative estimate of drug-likeness (QED) is 0.496. The molecule has 0 N–H and O–H groups in total. The molecule has 1 unspecified atom stereocenters. The Morgan fingerprint density at radius 3 is 2.39 bits per heavy atom. The average molecular weight is 394 g/mol. The van der Waals surface area contributed by atoms with Crippen molar-refractivity contribution >= 4 is 20.0 Å². The van der Waals surface area contributed by atoms with Gasteiger partial charge < -0.3 is 4.74 Å². The number of hydrogen-bond donors (Lipinski definition) is 0. The van der Waals surface area contributed by atoms with E-state index in [1.54, 1.807) is 11.0 Å². The average Bonchev–Trinajstić information content (AvgIpc) is 2.91. The first-order valence-corrected chi connectivity index (χ1v) is 13.2. The lowest BCUT2D eigenvalue weighted by Crippen LogP contribution is -2.34. The lowest BCUT2D eigenvalue weighted by molar-refractivity contribution is -0.155. The summed E-state index contributed by atoms with van der Waals surface area (Å²) in [5.41, 5.74) is 4.67. The molecule has 28 heavy (non-hydrogen) atoms. The van der Waals surface area contributed by atoms with Gasteiger partial charge in [0, 0.05) is 18.1 Å². The summed E-state index contributed by atoms with van der Waals surface area (Å²) in [5, 5.41) is 0. The number of nitrogens with zero attached hydrogens (tertiary/aromatic N) is 1. The van der Waals surface area contributed by atoms with Crippen LogP contribution in [-0.4, -0.2) is 24.9 Å². The Morgan fingerprint density at radius 1 is 1.11 bits per heavy atom. The molecule has 2 aromatic carbocycles. The predicted octanol–water partition coefficient (Wildman–Crippen LogP) is 5.27. The SMILES string of the molecule is CC(=O)OC1c2ccccc2C(=O)N1[C@@H](C/C=C/[Si](C)(C)C)c1ccccc1. The summed E-state index contributed by atoms with van der Waals surface area (Å²) >= 11 is 0. The molecule has 1 aliphatic heterocycles. The Bertz CT molecular complexity index is 886. The first-order valence-electron chi connectivity index (χ1n) is 9.59. The summed E-state index contributed by atoms with van der Waals surface area (Å²) in [7, 11) is -1.36. The third kappa shape index (κ3) is 4.42. The molecule has 0 radical (unpaired) electrons. The van der Waals surface area contributed by atoms with Crippen LogP contribution in [0.5, 0.6) is 0 Å². The normalized spacial score (nSPS) is 17.6. The van der Waals surface area contributed by atoms with Crippen LogP contribution in [0.2, 0.25) is 19.6 Å². The summed E-state index contributed by atoms with van der Waals surface area (Å²) in [6.45, 7) is 8.21. The number of esters is 1. The summed E-state index contributed by atoms with van der Waals surface area (Å²) in [6.07, 6.45) is 2.14. The fraction of sp³-hybridized carbons (Fsp3) is 0.304. The maximum atomic E-state index is 13.3. The van der Waals surface area contributed by atoms with Crippen molar-refractivity contribution in [3.8, 4) is 0 Å². The number of fused-ring (bicyclic) bond motifs is 1. The van der Waals surface area contributed by atoms with Gasteiger partial charge in [0.25, 0.3) is 5.91 Å². The minimum atomic E-state index is -1.36. The smallest absolute Gasteiger partial charge is 0.304 e. The van der Waals surface area contributed by atoms with Crippen molar-refractivity contribution in [3.05, 3.63) is 83.1 Å². The van der Waals surface area contributed by atoms with Crippen LogP contribution in [0.25, 0.3) is 0 Å². The Balaban J connectivity index is 2.03. The Hall–Kier alpha value is -2.66. The summed E-state index contributed by atoms with van der Waals surface area (Å²) in [4.78, 5) is 26.8. The molecule has 4 nitrogen and oxygen atoms in total. The first kappa shape index (κ1) is 20.1. The third-order valence-electron chi connectivity index (χ3n) is 4.72. The lowest BCUT2D eigenvalue weighted by atomic mass is 10.0. The van der Waals surface area contributed by atoms with Crippen LogP contribution in [0.1, 0.15) is 47.1 Å². The Morgan fingerprint density at radius 2 is 1.75 bits per heavy atom. The summed E-state index contributed by atoms with van der Waals surface area (Å²) in [6, 6.07) is 17.1. The zero-order valence-corrected chi connectivity index (χ0v) is 17.9. The fourth-order valence-corrected chi connectivity index (χ4v) is 4.36. The van der Waals surface area contributed by atoms with Gasteiger partial charge in [0.2, 0.25) is 6.23 Å². The minimum Gasteiger partial charge on any atom is -0.437 e. The van der Waals surface area contributed by atoms with Crippen molar-refractivity contribution < 1.29 is 14.3 Å². The van der Waals surface area contributed by atoms with E-state index in [2.05, 4.69) is 31.4 Å². The molecule has 3 rings (SSSR count). The highest BCUT2D eigenvalue weighted by Gasteiger charge is 2.42. The van der Waals surface area contributed by atoms with Gasteiger partial charge in [0.05, 0.1) is 14.1 Å². The standard InChI is InChI=1S/C23H27NO3Si/c1-17(25)27-23-20-14-9-8-13-19(20)22(26)24(23)21(15-10-16-28(2,3)4)18-11-6-5-7-12-18/h5-14,16,21,23H,15H2,1-4H3/b16-10+/t21-,23?/m0/s1. The molecule has 0 saturated heterocycles. The molecular formula is C23H27NO3Si. The van der Waals surface area contributed by atoms with Crippen molar-refractivity contribution in [2.45, 2.75) is 45.3 Å². The molecule has 1 aliphatic rings. The molecule has 0 saturated carbocycles. The second-order valence-corrected chi connectivity index (χ2v) is 13.3. The number of benzene rings is 2. The number of ether oxygens (including phenoxy) is 1. The molecule has 5 heteroatoms. The maximum absolute atomic E-state index is 13.3. The summed E-state index contributed by atoms with van der Waals surface area (Å²) in [5.74, 6) is -0.499. The molecule has 0 bridgehead atoms. The van der Waals surface area contributed by atoms with E-state index in [-0.39, 0.29) is 11.9 Å². The number of amides is 1. The summed E-state index contributed by atoms with van der Waals surface area (Å²) < 4.78 is 5.62. The number of carbonyl (C=O) groups is 2. The van der Waals surface area contributed by atoms with Gasteiger partial charge in [-0.05, 0) is 18.1 Å². The van der Waals surface area contributed by atoms with E-state index in [0.717, 1.165) is 11.1 Å². The van der Waals surface area contributed by atoms with E-state index in [1.807, 2.05) is 48.5 Å². The Labute approximate surface area is 167 Å². The van der Waals surface area contributed by atoms with Crippen molar-refractivity contribution in [1.82, 2.24) is 4.90 Å². The first-order chi connectivity index (χ1) is 13.3. The predicted molar refractivity (Wildman–Crippen MR) is 113 cm³/mol. The van der Waals surface area contributed by atoms with Crippen LogP contribution in [0.3, 0.4) is 0 Å². The van der Waals surface area contributed by atoms with Crippen LogP contribution in [0.15, 0.2) is 66.4 Å². The van der Waals surface area contributed by atoms with Crippen molar-refractivity contribution in [2.75, 3.05) is 0 Å². The van der Waals surface area contributed by atoms with Crippen LogP contribution in [-0.2, 0) is 9.53 Å². The van der Waals surface area contributed by atoms with E-state index < -0.39 is 20.3 Å². The van der Waals surface area contributed by atoms with Crippen LogP contribution in [0, 0.1) is 0 Å². The van der Waals surface area contributed by atoms with E-state index in [9.17, 15) is 9.59 Å². The number of hydrogen-bond acceptors (Lipinski definition) is 3. The van der Waals surface area contributed by atoms with Crippen LogP contribution < -0.4 is 0 Å². The van der Waals surface area contributed by atoms with Gasteiger partial charge in [-0.2, -0.15) is 0 Å². The van der Waals surface area contributed by atoms with Gasteiger partial charge >= 0.3 is 5.97 Å². The molecule has 1 heterocycles. The molecule has 0 aliphatic carbocycles. The number of carbonyl (C=O) groups excluding carboxylic acids is 2. The third-order valence-corrected chi connectivity index (χ3v) is 5.96. The second-order valence-electron chi connectivity index (χ2n) is 8.19. The van der Waals surface area contributed by atoms with Crippen LogP contribution in [0.4, 0.5) is 0 Å². The second kappa shape index (κ2) is 8.15. The molecular weight excluding hydrogens is 366 g/mol. The minimum absolute atomic E-state index is 0.0999. The van der Waals surface area contributed by atoms with E-state index in [1.165, 1.54) is 6.92 Å². The number of rotatable bonds is 6. The largest absolute Gasteiger partial charge is 0.437 e. The van der Waals surface area contributed by atoms with Crippen molar-refractivity contribution in [2.24, 2.45) is 0 Å². The maximum Gasteiger partial charge on any atom is 0.304 e. The van der Waals surface area contributed by atoms with Gasteiger partial charge in [-0.3, -0.25) is 14.5 Å². The zero-order valence-electron chi connectivity index (χ0n) is 16.9. The van der Waals surface area contributed by atoms with Crippen molar-refractivity contribution in [3.63, 3.8) is 0 Å². The molecule has 2 atom stereocenters. The lowest BCUT2D eigenvalue weighted by Gasteiger charge is -2.33. The van der Waals surface area contributed by atoms with Crippen LogP contribution >= 0.6 is 0 Å². The highest BCUT2D eigenvalue weighted by molar-refractivity contribution is 6.80. The van der Waals surface area contributed by atoms with E-state index in [0.29, 0.717) is 12.0 Å². The van der Waals surface area contributed by atoms with Gasteiger partial charge in [-0.1, -0.05) is 79.9 Å². The highest BCUT2D eigenvalue weighted by Crippen LogP contribution is 2.42. The molecule has 0 spiro atoms. The monoisotopic (exact) mass is 393 g/mol. The van der Waals surface area contributed by atoms with E-state index >= 15 is 0 Å². The molecule has 0 fully saturated rings. The van der Waals surface area contributed by atoms with Gasteiger partial charge in [-0.25, -0.2) is 0 Å². The highest BCUT2D eigenvalue weighted by atomic mass is 28.3. The fourth-order valence-electron chi connectivity index (χ4n) is 3.52. The molecule has 0 aromatic heterocycles. The molecule has 146 valence electrons. The Kier molecular flexibility index (Phi) is 5.84. The topological polar surface area (TPSA) is 46.6 Å². The van der Waals surface area contributed by atoms with Gasteiger partial charge in [0.1, 0.15) is 0 Å². The van der Waals surface area contributed by atoms with Gasteiger partial charge in [0.15, 0.2) is 0 Å². The molecule has 2 aromatic rings. The van der Waals surface area contributed by atoms with Gasteiger partial charge in [-0.15, -0.1) is 0 Å². The van der Waals surface area contributed by atoms with Crippen molar-refractivity contribution in [1.29, 1.82) is 0 Å². The zero-order chi connectivity index (χ0) is 20.3.